The standard InChI is InChI=1S/C34H37FN8O6/c1-18(2)8-23-21(10-36)30(19-6-7-24-27(9-19)48-17-29(46)42(24)16-28-37-11-20(35)12-38-28)22-13-39-43(32(22)40-23)31-25(44)14-41(15-26(31)45)33(47)49-34(3,4)5/h6-7,9,11-13,18,25-26,31,44-45H,8,14-17H2,1-5H3. The molecule has 3 aromatic heterocycles. The third-order valence-electron chi connectivity index (χ3n) is 8.23. The van der Waals surface area contributed by atoms with Crippen LogP contribution in [0.3, 0.4) is 0 Å². The van der Waals surface area contributed by atoms with Crippen LogP contribution >= 0.6 is 0 Å². The molecule has 5 heterocycles. The van der Waals surface area contributed by atoms with Crippen molar-refractivity contribution in [2.75, 3.05) is 24.6 Å². The van der Waals surface area contributed by atoms with Gasteiger partial charge in [-0.2, -0.15) is 10.4 Å². The Morgan fingerprint density at radius 2 is 1.86 bits per heavy atom. The fourth-order valence-electron chi connectivity index (χ4n) is 6.17. The molecule has 0 saturated carbocycles. The summed E-state index contributed by atoms with van der Waals surface area (Å²) in [5.41, 5.74) is 2.04. The highest BCUT2D eigenvalue weighted by molar-refractivity contribution is 6.00. The second-order valence-electron chi connectivity index (χ2n) is 13.6. The number of nitriles is 1. The van der Waals surface area contributed by atoms with Gasteiger partial charge in [-0.15, -0.1) is 0 Å². The number of pyridine rings is 1. The number of likely N-dealkylation sites (tertiary alicyclic amines) is 1. The Bertz CT molecular complexity index is 1940. The first-order valence-electron chi connectivity index (χ1n) is 15.9. The molecule has 15 heteroatoms. The Kier molecular flexibility index (Phi) is 8.95. The Labute approximate surface area is 281 Å². The van der Waals surface area contributed by atoms with Crippen molar-refractivity contribution >= 4 is 28.7 Å². The van der Waals surface area contributed by atoms with Crippen LogP contribution in [0.1, 0.15) is 57.7 Å². The van der Waals surface area contributed by atoms with Crippen LogP contribution in [-0.2, 0) is 22.5 Å². The average molecular weight is 673 g/mol. The number of rotatable bonds is 6. The number of aliphatic hydroxyl groups is 2. The number of nitrogens with zero attached hydrogens (tertiary/aromatic N) is 8. The summed E-state index contributed by atoms with van der Waals surface area (Å²) in [4.78, 5) is 41.2. The summed E-state index contributed by atoms with van der Waals surface area (Å²) in [6.07, 6.45) is 1.01. The highest BCUT2D eigenvalue weighted by Gasteiger charge is 2.41. The molecule has 4 aromatic rings. The number of fused-ring (bicyclic) bond motifs is 2. The quantitative estimate of drug-likeness (QED) is 0.306. The molecule has 14 nitrogen and oxygen atoms in total. The van der Waals surface area contributed by atoms with E-state index in [1.807, 2.05) is 13.8 Å². The molecule has 0 bridgehead atoms. The monoisotopic (exact) mass is 672 g/mol. The zero-order chi connectivity index (χ0) is 35.2. The lowest BCUT2D eigenvalue weighted by Gasteiger charge is -2.39. The van der Waals surface area contributed by atoms with Gasteiger partial charge in [0.1, 0.15) is 29.3 Å². The Morgan fingerprint density at radius 3 is 2.49 bits per heavy atom. The normalized spacial score (nSPS) is 19.5. The Morgan fingerprint density at radius 1 is 1.16 bits per heavy atom. The highest BCUT2D eigenvalue weighted by Crippen LogP contribution is 2.41. The summed E-state index contributed by atoms with van der Waals surface area (Å²) >= 11 is 0. The average Bonchev–Trinajstić information content (AvgIpc) is 3.43. The van der Waals surface area contributed by atoms with E-state index >= 15 is 0 Å². The molecule has 256 valence electrons. The first kappa shape index (κ1) is 33.7. The molecule has 1 aromatic carbocycles. The number of aliphatic hydroxyl groups excluding tert-OH is 2. The molecule has 6 rings (SSSR count). The second-order valence-corrected chi connectivity index (χ2v) is 13.6. The molecule has 0 radical (unpaired) electrons. The van der Waals surface area contributed by atoms with E-state index in [0.29, 0.717) is 51.3 Å². The molecule has 0 spiro atoms. The van der Waals surface area contributed by atoms with E-state index in [1.165, 1.54) is 14.5 Å². The minimum Gasteiger partial charge on any atom is -0.482 e. The van der Waals surface area contributed by atoms with Crippen LogP contribution in [-0.4, -0.2) is 89.4 Å². The van der Waals surface area contributed by atoms with Crippen molar-refractivity contribution in [1.82, 2.24) is 29.6 Å². The minimum atomic E-state index is -1.21. The lowest BCUT2D eigenvalue weighted by Crippen LogP contribution is -2.55. The number of anilines is 1. The third-order valence-corrected chi connectivity index (χ3v) is 8.23. The number of benzene rings is 1. The van der Waals surface area contributed by atoms with Crippen LogP contribution in [0, 0.1) is 23.1 Å². The van der Waals surface area contributed by atoms with Crippen LogP contribution in [0.5, 0.6) is 5.75 Å². The summed E-state index contributed by atoms with van der Waals surface area (Å²) in [5, 5.41) is 38.0. The molecular weight excluding hydrogens is 635 g/mol. The van der Waals surface area contributed by atoms with Crippen molar-refractivity contribution in [2.45, 2.75) is 71.4 Å². The smallest absolute Gasteiger partial charge is 0.410 e. The van der Waals surface area contributed by atoms with Gasteiger partial charge in [-0.25, -0.2) is 28.8 Å². The van der Waals surface area contributed by atoms with Crippen LogP contribution < -0.4 is 9.64 Å². The Balaban J connectivity index is 1.41. The topological polar surface area (TPSA) is 180 Å². The summed E-state index contributed by atoms with van der Waals surface area (Å²) in [6, 6.07) is 6.57. The van der Waals surface area contributed by atoms with E-state index in [9.17, 15) is 29.5 Å². The van der Waals surface area contributed by atoms with Crippen molar-refractivity contribution in [3.8, 4) is 22.9 Å². The number of amides is 2. The lowest BCUT2D eigenvalue weighted by atomic mass is 9.93. The largest absolute Gasteiger partial charge is 0.482 e. The summed E-state index contributed by atoms with van der Waals surface area (Å²) in [7, 11) is 0. The number of aromatic nitrogens is 5. The first-order valence-corrected chi connectivity index (χ1v) is 15.9. The van der Waals surface area contributed by atoms with Gasteiger partial charge in [-0.1, -0.05) is 19.9 Å². The van der Waals surface area contributed by atoms with Gasteiger partial charge in [-0.05, 0) is 50.8 Å². The van der Waals surface area contributed by atoms with E-state index in [-0.39, 0.29) is 43.9 Å². The van der Waals surface area contributed by atoms with Gasteiger partial charge in [0.25, 0.3) is 5.91 Å². The van der Waals surface area contributed by atoms with E-state index in [0.717, 1.165) is 12.4 Å². The molecular formula is C34H37FN8O6. The second kappa shape index (κ2) is 13.0. The predicted octanol–water partition coefficient (Wildman–Crippen LogP) is 3.54. The fraction of sp³-hybridized carbons (Fsp3) is 0.441. The molecule has 49 heavy (non-hydrogen) atoms. The van der Waals surface area contributed by atoms with Crippen LogP contribution in [0.25, 0.3) is 22.2 Å². The predicted molar refractivity (Wildman–Crippen MR) is 174 cm³/mol. The van der Waals surface area contributed by atoms with E-state index < -0.39 is 35.8 Å². The summed E-state index contributed by atoms with van der Waals surface area (Å²) in [5.74, 6) is -0.149. The van der Waals surface area contributed by atoms with Crippen molar-refractivity contribution in [1.29, 1.82) is 5.26 Å². The fourth-order valence-corrected chi connectivity index (χ4v) is 6.17. The van der Waals surface area contributed by atoms with Crippen molar-refractivity contribution in [3.63, 3.8) is 0 Å². The molecule has 2 N–H and O–H groups in total. The van der Waals surface area contributed by atoms with Gasteiger partial charge < -0.3 is 24.6 Å². The highest BCUT2D eigenvalue weighted by atomic mass is 19.1. The van der Waals surface area contributed by atoms with Crippen LogP contribution in [0.4, 0.5) is 14.9 Å². The molecule has 0 aliphatic carbocycles. The third kappa shape index (κ3) is 6.74. The molecule has 2 aliphatic rings. The van der Waals surface area contributed by atoms with Gasteiger partial charge in [-0.3, -0.25) is 9.69 Å². The minimum absolute atomic E-state index is 0.000469. The van der Waals surface area contributed by atoms with Crippen LogP contribution in [0.15, 0.2) is 36.8 Å². The number of carbonyl (C=O) groups is 2. The SMILES string of the molecule is CC(C)Cc1nc2c(cnn2C2C(O)CN(C(=O)OC(C)(C)C)CC2O)c(-c2ccc3c(c2)OCC(=O)N3Cc2ncc(F)cn2)c1C#N. The number of piperidine rings is 1. The molecule has 2 amide bonds. The molecule has 2 atom stereocenters. The number of β-amino-alcohol motifs (C(OH)–C–C–N with tert-alkyl or cyclic N) is 2. The summed E-state index contributed by atoms with van der Waals surface area (Å²) < 4.78 is 26.1. The van der Waals surface area contributed by atoms with Crippen molar-refractivity contribution in [2.24, 2.45) is 5.92 Å². The summed E-state index contributed by atoms with van der Waals surface area (Å²) in [6.45, 7) is 8.78. The Hall–Kier alpha value is -5.20. The van der Waals surface area contributed by atoms with Gasteiger partial charge in [0.05, 0.1) is 67.4 Å². The first-order chi connectivity index (χ1) is 23.2. The van der Waals surface area contributed by atoms with Crippen molar-refractivity contribution in [3.05, 3.63) is 59.7 Å². The van der Waals surface area contributed by atoms with E-state index in [4.69, 9.17) is 14.5 Å². The zero-order valence-electron chi connectivity index (χ0n) is 27.8. The number of hydrogen-bond donors (Lipinski definition) is 2. The molecule has 1 fully saturated rings. The maximum absolute atomic E-state index is 13.4. The number of halogens is 1. The van der Waals surface area contributed by atoms with Gasteiger partial charge in [0.2, 0.25) is 0 Å². The number of hydrogen-bond acceptors (Lipinski definition) is 11. The van der Waals surface area contributed by atoms with Gasteiger partial charge in [0, 0.05) is 10.9 Å². The van der Waals surface area contributed by atoms with E-state index in [2.05, 4.69) is 21.1 Å². The maximum Gasteiger partial charge on any atom is 0.410 e. The molecule has 2 aliphatic heterocycles. The van der Waals surface area contributed by atoms with Crippen molar-refractivity contribution < 1.29 is 33.7 Å². The van der Waals surface area contributed by atoms with Gasteiger partial charge >= 0.3 is 6.09 Å². The lowest BCUT2D eigenvalue weighted by molar-refractivity contribution is -0.121. The number of ether oxygens (including phenoxy) is 2. The molecule has 2 unspecified atom stereocenters. The van der Waals surface area contributed by atoms with E-state index in [1.54, 1.807) is 45.2 Å². The van der Waals surface area contributed by atoms with Gasteiger partial charge in [0.15, 0.2) is 18.1 Å². The zero-order valence-corrected chi connectivity index (χ0v) is 27.8. The molecule has 1 saturated heterocycles. The number of carbonyl (C=O) groups excluding carboxylic acids is 2. The maximum atomic E-state index is 13.4. The van der Waals surface area contributed by atoms with Crippen LogP contribution in [0.2, 0.25) is 0 Å².